The molecule has 1 aromatic carbocycles. The number of carbonyl (C=O) groups excluding carboxylic acids is 1. The van der Waals surface area contributed by atoms with Crippen LogP contribution in [0.3, 0.4) is 0 Å². The van der Waals surface area contributed by atoms with Crippen LogP contribution in [0.15, 0.2) is 30.6 Å². The quantitative estimate of drug-likeness (QED) is 0.504. The predicted molar refractivity (Wildman–Crippen MR) is 101 cm³/mol. The fourth-order valence-electron chi connectivity index (χ4n) is 3.98. The molecule has 0 unspecified atom stereocenters. The van der Waals surface area contributed by atoms with Crippen molar-refractivity contribution in [2.75, 3.05) is 5.32 Å². The fraction of sp³-hybridized carbons (Fsp3) is 0.389. The summed E-state index contributed by atoms with van der Waals surface area (Å²) < 4.78 is 52.0. The molecular formula is C18H15F4IN4O. The van der Waals surface area contributed by atoms with Crippen LogP contribution >= 0.6 is 22.6 Å². The van der Waals surface area contributed by atoms with Crippen molar-refractivity contribution in [2.24, 2.45) is 0 Å². The van der Waals surface area contributed by atoms with Gasteiger partial charge < -0.3 is 10.2 Å². The van der Waals surface area contributed by atoms with E-state index in [2.05, 4.69) is 15.3 Å². The molecule has 1 N–H and O–H groups in total. The van der Waals surface area contributed by atoms with Crippen LogP contribution in [0.2, 0.25) is 0 Å². The Kier molecular flexibility index (Phi) is 4.92. The number of aromatic nitrogens is 2. The summed E-state index contributed by atoms with van der Waals surface area (Å²) in [5.41, 5.74) is -0.590. The summed E-state index contributed by atoms with van der Waals surface area (Å²) in [6.45, 7) is 0. The topological polar surface area (TPSA) is 58.1 Å². The molecule has 10 heteroatoms. The Bertz CT molecular complexity index is 905. The number of benzene rings is 1. The molecule has 28 heavy (non-hydrogen) atoms. The maximum atomic E-state index is 13.8. The lowest BCUT2D eigenvalue weighted by Gasteiger charge is -2.25. The number of alkyl halides is 3. The predicted octanol–water partition coefficient (Wildman–Crippen LogP) is 4.10. The molecule has 2 saturated heterocycles. The lowest BCUT2D eigenvalue weighted by Crippen LogP contribution is -2.40. The third kappa shape index (κ3) is 3.42. The largest absolute Gasteiger partial charge is 0.419 e. The molecule has 0 saturated carbocycles. The summed E-state index contributed by atoms with van der Waals surface area (Å²) in [7, 11) is 0. The molecule has 148 valence electrons. The first-order chi connectivity index (χ1) is 13.3. The maximum absolute atomic E-state index is 13.8. The van der Waals surface area contributed by atoms with Crippen molar-refractivity contribution in [3.63, 3.8) is 0 Å². The van der Waals surface area contributed by atoms with Crippen LogP contribution in [0.25, 0.3) is 0 Å². The van der Waals surface area contributed by atoms with Crippen LogP contribution in [-0.2, 0) is 6.18 Å². The standard InChI is InChI=1S/C18H15F4IN4O/c19-12-3-1-2-11(15(12)23)16(28)27-10-4-5-14(27)13(6-10)26-17-24-7-9(8-25-17)18(20,21)22/h1-3,7-8,10,13-14H,4-6H2,(H,24,25,26)/t10-,13-,14+/m1/s1. The van der Waals surface area contributed by atoms with E-state index in [4.69, 9.17) is 0 Å². The molecule has 3 heterocycles. The van der Waals surface area contributed by atoms with Gasteiger partial charge in [-0.2, -0.15) is 13.2 Å². The Morgan fingerprint density at radius 1 is 1.21 bits per heavy atom. The molecule has 2 aliphatic rings. The first-order valence-corrected chi connectivity index (χ1v) is 9.76. The van der Waals surface area contributed by atoms with E-state index in [0.717, 1.165) is 25.2 Å². The third-order valence-electron chi connectivity index (χ3n) is 5.25. The molecule has 2 fully saturated rings. The van der Waals surface area contributed by atoms with Gasteiger partial charge in [0.05, 0.1) is 26.8 Å². The highest BCUT2D eigenvalue weighted by Crippen LogP contribution is 2.40. The molecule has 2 bridgehead atoms. The number of carbonyl (C=O) groups is 1. The number of nitrogens with zero attached hydrogens (tertiary/aromatic N) is 3. The molecule has 0 spiro atoms. The van der Waals surface area contributed by atoms with Crippen molar-refractivity contribution in [1.29, 1.82) is 0 Å². The Labute approximate surface area is 171 Å². The van der Waals surface area contributed by atoms with Crippen LogP contribution in [0, 0.1) is 9.39 Å². The number of halogens is 5. The summed E-state index contributed by atoms with van der Waals surface area (Å²) in [5, 5.41) is 3.05. The van der Waals surface area contributed by atoms with Crippen molar-refractivity contribution in [2.45, 2.75) is 43.6 Å². The summed E-state index contributed by atoms with van der Waals surface area (Å²) in [6, 6.07) is 4.13. The lowest BCUT2D eigenvalue weighted by atomic mass is 9.96. The average Bonchev–Trinajstić information content (AvgIpc) is 3.21. The van der Waals surface area contributed by atoms with Crippen LogP contribution in [0.5, 0.6) is 0 Å². The number of anilines is 1. The van der Waals surface area contributed by atoms with Crippen LogP contribution in [0.4, 0.5) is 23.5 Å². The van der Waals surface area contributed by atoms with Gasteiger partial charge in [0.2, 0.25) is 5.95 Å². The summed E-state index contributed by atoms with van der Waals surface area (Å²) in [6.07, 6.45) is -0.765. The Morgan fingerprint density at radius 2 is 1.93 bits per heavy atom. The van der Waals surface area contributed by atoms with Gasteiger partial charge in [-0.25, -0.2) is 14.4 Å². The number of hydrogen-bond donors (Lipinski definition) is 1. The van der Waals surface area contributed by atoms with E-state index in [0.29, 0.717) is 12.0 Å². The maximum Gasteiger partial charge on any atom is 0.419 e. The highest BCUT2D eigenvalue weighted by molar-refractivity contribution is 14.1. The van der Waals surface area contributed by atoms with Crippen molar-refractivity contribution >= 4 is 34.4 Å². The van der Waals surface area contributed by atoms with Gasteiger partial charge in [0.25, 0.3) is 5.91 Å². The van der Waals surface area contributed by atoms with Crippen molar-refractivity contribution in [3.8, 4) is 0 Å². The second kappa shape index (κ2) is 7.12. The molecular weight excluding hydrogens is 491 g/mol. The van der Waals surface area contributed by atoms with Crippen molar-refractivity contribution in [1.82, 2.24) is 14.9 Å². The zero-order chi connectivity index (χ0) is 20.1. The molecule has 0 radical (unpaired) electrons. The SMILES string of the molecule is O=C(c1cccc(F)c1I)N1[C@@H]2CC[C@H]1[C@H](Nc1ncc(C(F)(F)F)cn1)C2. The molecule has 4 rings (SSSR count). The van der Waals surface area contributed by atoms with Crippen molar-refractivity contribution < 1.29 is 22.4 Å². The van der Waals surface area contributed by atoms with Gasteiger partial charge in [0.15, 0.2) is 0 Å². The van der Waals surface area contributed by atoms with Crippen LogP contribution in [-0.4, -0.2) is 38.9 Å². The van der Waals surface area contributed by atoms with E-state index in [1.54, 1.807) is 11.0 Å². The molecule has 1 aromatic heterocycles. The summed E-state index contributed by atoms with van der Waals surface area (Å²) in [4.78, 5) is 22.3. The normalized spacial score (nSPS) is 23.9. The molecule has 0 aliphatic carbocycles. The minimum Gasteiger partial charge on any atom is -0.349 e. The van der Waals surface area contributed by atoms with Gasteiger partial charge in [-0.05, 0) is 54.0 Å². The van der Waals surface area contributed by atoms with E-state index < -0.39 is 17.6 Å². The van der Waals surface area contributed by atoms with Gasteiger partial charge >= 0.3 is 6.18 Å². The number of amides is 1. The smallest absolute Gasteiger partial charge is 0.349 e. The summed E-state index contributed by atoms with van der Waals surface area (Å²) >= 11 is 1.82. The van der Waals surface area contributed by atoms with Gasteiger partial charge in [0, 0.05) is 18.4 Å². The molecule has 2 aliphatic heterocycles. The van der Waals surface area contributed by atoms with E-state index >= 15 is 0 Å². The van der Waals surface area contributed by atoms with Gasteiger partial charge in [-0.15, -0.1) is 0 Å². The summed E-state index contributed by atoms with van der Waals surface area (Å²) in [5.74, 6) is -0.571. The van der Waals surface area contributed by atoms with E-state index in [1.165, 1.54) is 12.1 Å². The fourth-order valence-corrected chi connectivity index (χ4v) is 4.57. The second-order valence-corrected chi connectivity index (χ2v) is 7.97. The monoisotopic (exact) mass is 506 g/mol. The Hall–Kier alpha value is -1.98. The number of hydrogen-bond acceptors (Lipinski definition) is 4. The molecule has 1 amide bonds. The number of rotatable bonds is 3. The Morgan fingerprint density at radius 3 is 2.61 bits per heavy atom. The first-order valence-electron chi connectivity index (χ1n) is 8.68. The van der Waals surface area contributed by atoms with Gasteiger partial charge in [0.1, 0.15) is 5.82 Å². The zero-order valence-electron chi connectivity index (χ0n) is 14.4. The average molecular weight is 506 g/mol. The molecule has 3 atom stereocenters. The third-order valence-corrected chi connectivity index (χ3v) is 6.34. The lowest BCUT2D eigenvalue weighted by molar-refractivity contribution is -0.138. The highest BCUT2D eigenvalue weighted by atomic mass is 127. The van der Waals surface area contributed by atoms with Crippen LogP contribution in [0.1, 0.15) is 35.2 Å². The van der Waals surface area contributed by atoms with Crippen LogP contribution < -0.4 is 5.32 Å². The second-order valence-electron chi connectivity index (χ2n) is 6.89. The van der Waals surface area contributed by atoms with Gasteiger partial charge in [-0.1, -0.05) is 6.07 Å². The molecule has 2 aromatic rings. The minimum atomic E-state index is -4.49. The number of nitrogens with one attached hydrogen (secondary N) is 1. The van der Waals surface area contributed by atoms with Gasteiger partial charge in [-0.3, -0.25) is 4.79 Å². The zero-order valence-corrected chi connectivity index (χ0v) is 16.5. The van der Waals surface area contributed by atoms with E-state index in [1.807, 2.05) is 22.6 Å². The van der Waals surface area contributed by atoms with Crippen molar-refractivity contribution in [3.05, 3.63) is 51.1 Å². The number of fused-ring (bicyclic) bond motifs is 2. The first kappa shape index (κ1) is 19.3. The minimum absolute atomic E-state index is 0.00326. The molecule has 5 nitrogen and oxygen atoms in total. The van der Waals surface area contributed by atoms with E-state index in [-0.39, 0.29) is 33.6 Å². The highest BCUT2D eigenvalue weighted by Gasteiger charge is 2.49. The Balaban J connectivity index is 1.51. The van der Waals surface area contributed by atoms with E-state index in [9.17, 15) is 22.4 Å².